The first-order valence-electron chi connectivity index (χ1n) is 7.15. The van der Waals surface area contributed by atoms with Gasteiger partial charge in [0.2, 0.25) is 0 Å². The highest BCUT2D eigenvalue weighted by Gasteiger charge is 2.04. The largest absolute Gasteiger partial charge is 0.378 e. The van der Waals surface area contributed by atoms with Crippen LogP contribution in [0.3, 0.4) is 0 Å². The van der Waals surface area contributed by atoms with Gasteiger partial charge in [0.1, 0.15) is 5.82 Å². The van der Waals surface area contributed by atoms with Crippen molar-refractivity contribution < 1.29 is 0 Å². The lowest BCUT2D eigenvalue weighted by atomic mass is 10.2. The Bertz CT molecular complexity index is 528. The quantitative estimate of drug-likeness (QED) is 0.873. The summed E-state index contributed by atoms with van der Waals surface area (Å²) in [6.07, 6.45) is 3.12. The van der Waals surface area contributed by atoms with Gasteiger partial charge in [0.15, 0.2) is 0 Å². The number of aromatic nitrogens is 2. The molecule has 1 aromatic carbocycles. The lowest BCUT2D eigenvalue weighted by molar-refractivity contribution is 0.479. The van der Waals surface area contributed by atoms with E-state index in [1.54, 1.807) is 0 Å². The van der Waals surface area contributed by atoms with Crippen LogP contribution in [0, 0.1) is 0 Å². The van der Waals surface area contributed by atoms with Crippen molar-refractivity contribution in [1.29, 1.82) is 0 Å². The van der Waals surface area contributed by atoms with Crippen LogP contribution in [-0.4, -0.2) is 23.9 Å². The maximum absolute atomic E-state index is 4.54. The summed E-state index contributed by atoms with van der Waals surface area (Å²) in [7, 11) is 4.10. The first-order chi connectivity index (χ1) is 9.60. The third-order valence-corrected chi connectivity index (χ3v) is 3.58. The summed E-state index contributed by atoms with van der Waals surface area (Å²) in [6.45, 7) is 5.15. The van der Waals surface area contributed by atoms with Crippen molar-refractivity contribution in [2.45, 2.75) is 32.9 Å². The highest BCUT2D eigenvalue weighted by Crippen LogP contribution is 2.15. The molecule has 2 aromatic rings. The van der Waals surface area contributed by atoms with Crippen LogP contribution in [0.15, 0.2) is 36.5 Å². The van der Waals surface area contributed by atoms with E-state index in [4.69, 9.17) is 0 Å². The molecular weight excluding hydrogens is 248 g/mol. The molecular formula is C16H24N4. The topological polar surface area (TPSA) is 33.1 Å². The smallest absolute Gasteiger partial charge is 0.148 e. The minimum absolute atomic E-state index is 0.449. The molecule has 0 saturated carbocycles. The first kappa shape index (κ1) is 14.4. The van der Waals surface area contributed by atoms with Crippen molar-refractivity contribution in [3.8, 4) is 0 Å². The van der Waals surface area contributed by atoms with E-state index in [-0.39, 0.29) is 0 Å². The van der Waals surface area contributed by atoms with Gasteiger partial charge in [0.25, 0.3) is 0 Å². The maximum atomic E-state index is 4.54. The molecule has 20 heavy (non-hydrogen) atoms. The van der Waals surface area contributed by atoms with Crippen molar-refractivity contribution in [3.63, 3.8) is 0 Å². The summed E-state index contributed by atoms with van der Waals surface area (Å²) in [5, 5.41) is 7.90. The summed E-state index contributed by atoms with van der Waals surface area (Å²) in [4.78, 5) is 2.10. The van der Waals surface area contributed by atoms with E-state index < -0.39 is 0 Å². The average Bonchev–Trinajstić information content (AvgIpc) is 2.93. The van der Waals surface area contributed by atoms with Gasteiger partial charge < -0.3 is 10.2 Å². The lowest BCUT2D eigenvalue weighted by Gasteiger charge is -2.13. The Kier molecular flexibility index (Phi) is 4.66. The molecule has 1 heterocycles. The predicted molar refractivity (Wildman–Crippen MR) is 85.3 cm³/mol. The molecule has 108 valence electrons. The molecule has 0 amide bonds. The Balaban J connectivity index is 1.93. The van der Waals surface area contributed by atoms with E-state index >= 15 is 0 Å². The summed E-state index contributed by atoms with van der Waals surface area (Å²) in [5.74, 6) is 0.932. The highest BCUT2D eigenvalue weighted by molar-refractivity contribution is 5.46. The first-order valence-corrected chi connectivity index (χ1v) is 7.15. The summed E-state index contributed by atoms with van der Waals surface area (Å²) >= 11 is 0. The fourth-order valence-electron chi connectivity index (χ4n) is 1.97. The number of hydrogen-bond donors (Lipinski definition) is 1. The average molecular weight is 272 g/mol. The number of nitrogens with zero attached hydrogens (tertiary/aromatic N) is 3. The standard InChI is InChI=1S/C16H24N4/c1-5-13(2)20-11-10-16(18-20)17-12-14-6-8-15(9-7-14)19(3)4/h6-11,13H,5,12H2,1-4H3,(H,17,18)/t13-/m0/s1. The second-order valence-corrected chi connectivity index (χ2v) is 5.35. The Labute approximate surface area is 121 Å². The lowest BCUT2D eigenvalue weighted by Crippen LogP contribution is -2.09. The van der Waals surface area contributed by atoms with E-state index in [1.165, 1.54) is 11.3 Å². The highest BCUT2D eigenvalue weighted by atomic mass is 15.3. The molecule has 4 nitrogen and oxygen atoms in total. The minimum Gasteiger partial charge on any atom is -0.378 e. The van der Waals surface area contributed by atoms with Gasteiger partial charge in [-0.15, -0.1) is 0 Å². The summed E-state index contributed by atoms with van der Waals surface area (Å²) < 4.78 is 2.01. The van der Waals surface area contributed by atoms with Gasteiger partial charge in [0.05, 0.1) is 0 Å². The monoisotopic (exact) mass is 272 g/mol. The normalized spacial score (nSPS) is 12.2. The van der Waals surface area contributed by atoms with Crippen LogP contribution < -0.4 is 10.2 Å². The molecule has 4 heteroatoms. The Hall–Kier alpha value is -1.97. The molecule has 0 aliphatic heterocycles. The van der Waals surface area contributed by atoms with E-state index in [2.05, 4.69) is 67.5 Å². The molecule has 1 aromatic heterocycles. The van der Waals surface area contributed by atoms with Gasteiger partial charge in [-0.2, -0.15) is 5.10 Å². The minimum atomic E-state index is 0.449. The summed E-state index contributed by atoms with van der Waals surface area (Å²) in [5.41, 5.74) is 2.48. The third kappa shape index (κ3) is 3.53. The predicted octanol–water partition coefficient (Wildman–Crippen LogP) is 3.53. The Morgan fingerprint density at radius 2 is 1.90 bits per heavy atom. The second-order valence-electron chi connectivity index (χ2n) is 5.35. The molecule has 2 rings (SSSR count). The van der Waals surface area contributed by atoms with Crippen LogP contribution in [-0.2, 0) is 6.54 Å². The number of hydrogen-bond acceptors (Lipinski definition) is 3. The van der Waals surface area contributed by atoms with Crippen LogP contribution in [0.4, 0.5) is 11.5 Å². The van der Waals surface area contributed by atoms with Crippen LogP contribution in [0.1, 0.15) is 31.9 Å². The molecule has 1 atom stereocenters. The van der Waals surface area contributed by atoms with Gasteiger partial charge in [-0.25, -0.2) is 0 Å². The van der Waals surface area contributed by atoms with Crippen molar-refractivity contribution in [3.05, 3.63) is 42.1 Å². The zero-order valence-corrected chi connectivity index (χ0v) is 12.8. The molecule has 0 unspecified atom stereocenters. The molecule has 0 aliphatic rings. The molecule has 0 radical (unpaired) electrons. The van der Waals surface area contributed by atoms with Gasteiger partial charge in [-0.3, -0.25) is 4.68 Å². The fourth-order valence-corrected chi connectivity index (χ4v) is 1.97. The van der Waals surface area contributed by atoms with Crippen LogP contribution >= 0.6 is 0 Å². The van der Waals surface area contributed by atoms with E-state index in [0.717, 1.165) is 18.8 Å². The number of benzene rings is 1. The van der Waals surface area contributed by atoms with Crippen LogP contribution in [0.5, 0.6) is 0 Å². The SMILES string of the molecule is CC[C@H](C)n1ccc(NCc2ccc(N(C)C)cc2)n1. The zero-order chi connectivity index (χ0) is 14.5. The van der Waals surface area contributed by atoms with Crippen molar-refractivity contribution in [2.75, 3.05) is 24.3 Å². The van der Waals surface area contributed by atoms with Crippen molar-refractivity contribution in [2.24, 2.45) is 0 Å². The van der Waals surface area contributed by atoms with Crippen LogP contribution in [0.25, 0.3) is 0 Å². The van der Waals surface area contributed by atoms with Crippen molar-refractivity contribution in [1.82, 2.24) is 9.78 Å². The molecule has 1 N–H and O–H groups in total. The fraction of sp³-hybridized carbons (Fsp3) is 0.438. The maximum Gasteiger partial charge on any atom is 0.148 e. The zero-order valence-electron chi connectivity index (χ0n) is 12.8. The van der Waals surface area contributed by atoms with E-state index in [1.807, 2.05) is 16.9 Å². The Morgan fingerprint density at radius 1 is 1.20 bits per heavy atom. The molecule has 0 aliphatic carbocycles. The number of nitrogens with one attached hydrogen (secondary N) is 1. The van der Waals surface area contributed by atoms with Crippen molar-refractivity contribution >= 4 is 11.5 Å². The summed E-state index contributed by atoms with van der Waals surface area (Å²) in [6, 6.07) is 11.0. The molecule has 0 fully saturated rings. The number of anilines is 2. The van der Waals surface area contributed by atoms with Gasteiger partial charge in [-0.1, -0.05) is 19.1 Å². The van der Waals surface area contributed by atoms with Gasteiger partial charge in [-0.05, 0) is 31.0 Å². The van der Waals surface area contributed by atoms with Gasteiger partial charge >= 0.3 is 0 Å². The number of rotatable bonds is 6. The van der Waals surface area contributed by atoms with E-state index in [9.17, 15) is 0 Å². The molecule has 0 saturated heterocycles. The third-order valence-electron chi connectivity index (χ3n) is 3.58. The Morgan fingerprint density at radius 3 is 2.50 bits per heavy atom. The second kappa shape index (κ2) is 6.46. The molecule has 0 spiro atoms. The van der Waals surface area contributed by atoms with Gasteiger partial charge in [0, 0.05) is 44.6 Å². The van der Waals surface area contributed by atoms with Crippen LogP contribution in [0.2, 0.25) is 0 Å². The molecule has 0 bridgehead atoms. The van der Waals surface area contributed by atoms with E-state index in [0.29, 0.717) is 6.04 Å².